The van der Waals surface area contributed by atoms with Crippen LogP contribution in [0.4, 0.5) is 11.4 Å². The quantitative estimate of drug-likeness (QED) is 0.609. The molecule has 2 N–H and O–H groups in total. The van der Waals surface area contributed by atoms with E-state index in [0.29, 0.717) is 5.92 Å². The highest BCUT2D eigenvalue weighted by molar-refractivity contribution is 5.90. The normalized spacial score (nSPS) is 13.6. The Morgan fingerprint density at radius 2 is 2.11 bits per heavy atom. The largest absolute Gasteiger partial charge is 0.478 e. The van der Waals surface area contributed by atoms with Gasteiger partial charge >= 0.3 is 5.97 Å². The number of carboxylic acids is 1. The molecule has 0 spiro atoms. The summed E-state index contributed by atoms with van der Waals surface area (Å²) in [5, 5.41) is 22.9. The van der Waals surface area contributed by atoms with Crippen molar-refractivity contribution in [3.8, 4) is 0 Å². The summed E-state index contributed by atoms with van der Waals surface area (Å²) in [7, 11) is 0. The Bertz CT molecular complexity index is 488. The Hall–Kier alpha value is -2.11. The third-order valence-corrected chi connectivity index (χ3v) is 3.32. The average Bonchev–Trinajstić information content (AvgIpc) is 2.37. The number of nitrogens with one attached hydrogen (secondary N) is 1. The first-order valence-electron chi connectivity index (χ1n) is 6.15. The van der Waals surface area contributed by atoms with Crippen molar-refractivity contribution in [3.63, 3.8) is 0 Å². The molecule has 0 heterocycles. The van der Waals surface area contributed by atoms with Crippen LogP contribution in [0, 0.1) is 16.0 Å². The maximum atomic E-state index is 10.9. The zero-order valence-electron chi connectivity index (χ0n) is 11.2. The number of anilines is 1. The molecule has 1 aromatic carbocycles. The van der Waals surface area contributed by atoms with Gasteiger partial charge in [0.15, 0.2) is 0 Å². The van der Waals surface area contributed by atoms with E-state index in [2.05, 4.69) is 5.32 Å². The second-order valence-electron chi connectivity index (χ2n) is 4.61. The molecule has 0 saturated heterocycles. The summed E-state index contributed by atoms with van der Waals surface area (Å²) in [5.41, 5.74) is 0.169. The van der Waals surface area contributed by atoms with Gasteiger partial charge in [0.05, 0.1) is 10.5 Å². The van der Waals surface area contributed by atoms with E-state index in [1.54, 1.807) is 0 Å². The van der Waals surface area contributed by atoms with E-state index in [9.17, 15) is 14.9 Å². The van der Waals surface area contributed by atoms with E-state index in [1.807, 2.05) is 20.8 Å². The van der Waals surface area contributed by atoms with E-state index in [1.165, 1.54) is 18.2 Å². The second-order valence-corrected chi connectivity index (χ2v) is 4.61. The molecular formula is C13H18N2O4. The number of hydrogen-bond acceptors (Lipinski definition) is 4. The third-order valence-electron chi connectivity index (χ3n) is 3.32. The first-order chi connectivity index (χ1) is 8.86. The lowest BCUT2D eigenvalue weighted by molar-refractivity contribution is -0.384. The molecule has 0 bridgehead atoms. The van der Waals surface area contributed by atoms with Crippen LogP contribution >= 0.6 is 0 Å². The minimum absolute atomic E-state index is 0.0211. The zero-order chi connectivity index (χ0) is 14.6. The molecule has 2 atom stereocenters. The molecule has 0 saturated carbocycles. The first kappa shape index (κ1) is 14.9. The fourth-order valence-corrected chi connectivity index (χ4v) is 1.68. The summed E-state index contributed by atoms with van der Waals surface area (Å²) in [5.74, 6) is -0.776. The molecule has 0 aliphatic rings. The van der Waals surface area contributed by atoms with Crippen LogP contribution in [0.3, 0.4) is 0 Å². The molecule has 0 radical (unpaired) electrons. The topological polar surface area (TPSA) is 92.5 Å². The third kappa shape index (κ3) is 3.67. The summed E-state index contributed by atoms with van der Waals surface area (Å²) in [6.45, 7) is 5.99. The van der Waals surface area contributed by atoms with Gasteiger partial charge in [0.25, 0.3) is 5.69 Å². The Labute approximate surface area is 111 Å². The van der Waals surface area contributed by atoms with Crippen molar-refractivity contribution in [2.45, 2.75) is 33.2 Å². The Kier molecular flexibility index (Phi) is 4.86. The maximum absolute atomic E-state index is 10.9. The predicted molar refractivity (Wildman–Crippen MR) is 72.6 cm³/mol. The first-order valence-corrected chi connectivity index (χ1v) is 6.15. The van der Waals surface area contributed by atoms with E-state index in [4.69, 9.17) is 5.11 Å². The van der Waals surface area contributed by atoms with Crippen LogP contribution in [-0.4, -0.2) is 22.0 Å². The fraction of sp³-hybridized carbons (Fsp3) is 0.462. The van der Waals surface area contributed by atoms with Gasteiger partial charge in [-0.25, -0.2) is 4.79 Å². The lowest BCUT2D eigenvalue weighted by Gasteiger charge is -2.21. The molecule has 104 valence electrons. The highest BCUT2D eigenvalue weighted by Crippen LogP contribution is 2.27. The molecule has 0 aliphatic carbocycles. The molecular weight excluding hydrogens is 248 g/mol. The smallest absolute Gasteiger partial charge is 0.335 e. The van der Waals surface area contributed by atoms with Crippen LogP contribution in [-0.2, 0) is 0 Å². The highest BCUT2D eigenvalue weighted by atomic mass is 16.6. The predicted octanol–water partition coefficient (Wildman–Crippen LogP) is 3.14. The molecule has 6 heteroatoms. The van der Waals surface area contributed by atoms with Crippen LogP contribution in [0.5, 0.6) is 0 Å². The number of carbonyl (C=O) groups is 1. The second kappa shape index (κ2) is 6.17. The maximum Gasteiger partial charge on any atom is 0.335 e. The van der Waals surface area contributed by atoms with Crippen molar-refractivity contribution >= 4 is 17.3 Å². The van der Waals surface area contributed by atoms with E-state index in [0.717, 1.165) is 6.42 Å². The minimum atomic E-state index is -1.10. The lowest BCUT2D eigenvalue weighted by Crippen LogP contribution is -2.23. The van der Waals surface area contributed by atoms with Gasteiger partial charge in [-0.15, -0.1) is 0 Å². The summed E-state index contributed by atoms with van der Waals surface area (Å²) < 4.78 is 0. The number of aromatic carboxylic acids is 1. The van der Waals surface area contributed by atoms with E-state index < -0.39 is 10.9 Å². The minimum Gasteiger partial charge on any atom is -0.478 e. The number of rotatable bonds is 6. The number of carboxylic acid groups (broad SMARTS) is 1. The number of nitro groups is 1. The number of benzene rings is 1. The number of nitrogens with zero attached hydrogens (tertiary/aromatic N) is 1. The SMILES string of the molecule is CCC(C)C(C)Nc1cc(C(=O)O)ccc1[N+](=O)[O-]. The lowest BCUT2D eigenvalue weighted by atomic mass is 10.0. The summed E-state index contributed by atoms with van der Waals surface area (Å²) in [6.07, 6.45) is 0.931. The van der Waals surface area contributed by atoms with Gasteiger partial charge in [-0.2, -0.15) is 0 Å². The van der Waals surface area contributed by atoms with Crippen LogP contribution in [0.1, 0.15) is 37.6 Å². The molecule has 2 unspecified atom stereocenters. The van der Waals surface area contributed by atoms with Crippen molar-refractivity contribution in [2.24, 2.45) is 5.92 Å². The fourth-order valence-electron chi connectivity index (χ4n) is 1.68. The Morgan fingerprint density at radius 3 is 2.58 bits per heavy atom. The molecule has 1 rings (SSSR count). The molecule has 0 aliphatic heterocycles. The van der Waals surface area contributed by atoms with Crippen molar-refractivity contribution in [1.29, 1.82) is 0 Å². The zero-order valence-corrected chi connectivity index (χ0v) is 11.2. The summed E-state index contributed by atoms with van der Waals surface area (Å²) >= 11 is 0. The Balaban J connectivity index is 3.11. The highest BCUT2D eigenvalue weighted by Gasteiger charge is 2.19. The van der Waals surface area contributed by atoms with Gasteiger partial charge in [-0.1, -0.05) is 20.3 Å². The van der Waals surface area contributed by atoms with Gasteiger partial charge in [0.1, 0.15) is 5.69 Å². The van der Waals surface area contributed by atoms with Crippen molar-refractivity contribution < 1.29 is 14.8 Å². The van der Waals surface area contributed by atoms with E-state index in [-0.39, 0.29) is 23.0 Å². The van der Waals surface area contributed by atoms with Crippen LogP contribution in [0.2, 0.25) is 0 Å². The van der Waals surface area contributed by atoms with Gasteiger partial charge in [-0.05, 0) is 25.0 Å². The van der Waals surface area contributed by atoms with Crippen LogP contribution in [0.25, 0.3) is 0 Å². The monoisotopic (exact) mass is 266 g/mol. The van der Waals surface area contributed by atoms with E-state index >= 15 is 0 Å². The molecule has 0 amide bonds. The van der Waals surface area contributed by atoms with Crippen molar-refractivity contribution in [2.75, 3.05) is 5.32 Å². The van der Waals surface area contributed by atoms with Gasteiger partial charge in [0, 0.05) is 12.1 Å². The summed E-state index contributed by atoms with van der Waals surface area (Å²) in [6, 6.07) is 3.78. The van der Waals surface area contributed by atoms with Gasteiger partial charge < -0.3 is 10.4 Å². The molecule has 19 heavy (non-hydrogen) atoms. The summed E-state index contributed by atoms with van der Waals surface area (Å²) in [4.78, 5) is 21.3. The van der Waals surface area contributed by atoms with Crippen LogP contribution < -0.4 is 5.32 Å². The number of nitro benzene ring substituents is 1. The van der Waals surface area contributed by atoms with Gasteiger partial charge in [0.2, 0.25) is 0 Å². The van der Waals surface area contributed by atoms with Crippen molar-refractivity contribution in [3.05, 3.63) is 33.9 Å². The molecule has 6 nitrogen and oxygen atoms in total. The Morgan fingerprint density at radius 1 is 1.47 bits per heavy atom. The molecule has 0 fully saturated rings. The molecule has 1 aromatic rings. The molecule has 0 aromatic heterocycles. The standard InChI is InChI=1S/C13H18N2O4/c1-4-8(2)9(3)14-11-7-10(13(16)17)5-6-12(11)15(18)19/h5-9,14H,4H2,1-3H3,(H,16,17). The van der Waals surface area contributed by atoms with Crippen LogP contribution in [0.15, 0.2) is 18.2 Å². The van der Waals surface area contributed by atoms with Crippen molar-refractivity contribution in [1.82, 2.24) is 0 Å². The number of hydrogen-bond donors (Lipinski definition) is 2. The average molecular weight is 266 g/mol. The van der Waals surface area contributed by atoms with Gasteiger partial charge in [-0.3, -0.25) is 10.1 Å².